The maximum Gasteiger partial charge on any atom is 0.297 e. The average Bonchev–Trinajstić information content (AvgIpc) is 2.95. The highest BCUT2D eigenvalue weighted by atomic mass is 32.2. The van der Waals surface area contributed by atoms with Crippen LogP contribution in [0.5, 0.6) is 0 Å². The van der Waals surface area contributed by atoms with Crippen LogP contribution in [0.1, 0.15) is 25.8 Å². The molecule has 0 aliphatic rings. The molecular formula is C28H50O11S. The van der Waals surface area contributed by atoms with Gasteiger partial charge in [-0.15, -0.1) is 0 Å². The molecule has 11 nitrogen and oxygen atoms in total. The summed E-state index contributed by atoms with van der Waals surface area (Å²) in [6.45, 7) is 14.0. The van der Waals surface area contributed by atoms with Gasteiger partial charge < -0.3 is 37.9 Å². The Bertz CT molecular complexity index is 790. The van der Waals surface area contributed by atoms with Gasteiger partial charge in [0.15, 0.2) is 0 Å². The SMILES string of the molecule is CCC(C)COCCOCCOCCOCCOCCOCCOCCOCCOS(=O)(=O)c1ccc(C)cc1. The Morgan fingerprint density at radius 3 is 1.23 bits per heavy atom. The molecule has 0 bridgehead atoms. The lowest BCUT2D eigenvalue weighted by atomic mass is 10.1. The molecule has 0 spiro atoms. The van der Waals surface area contributed by atoms with Crippen molar-refractivity contribution in [2.45, 2.75) is 32.1 Å². The summed E-state index contributed by atoms with van der Waals surface area (Å²) in [5.41, 5.74) is 0.979. The Balaban J connectivity index is 1.73. The third-order valence-electron chi connectivity index (χ3n) is 5.48. The minimum Gasteiger partial charge on any atom is -0.379 e. The molecule has 0 N–H and O–H groups in total. The number of rotatable bonds is 29. The molecule has 1 aromatic rings. The van der Waals surface area contributed by atoms with Gasteiger partial charge in [-0.1, -0.05) is 38.0 Å². The van der Waals surface area contributed by atoms with E-state index in [0.29, 0.717) is 98.4 Å². The van der Waals surface area contributed by atoms with E-state index in [1.165, 1.54) is 12.1 Å². The third kappa shape index (κ3) is 21.5. The third-order valence-corrected chi connectivity index (χ3v) is 6.81. The predicted octanol–water partition coefficient (Wildman–Crippen LogP) is 2.88. The van der Waals surface area contributed by atoms with Crippen molar-refractivity contribution >= 4 is 10.1 Å². The zero-order valence-electron chi connectivity index (χ0n) is 24.5. The van der Waals surface area contributed by atoms with Crippen molar-refractivity contribution in [2.75, 3.05) is 112 Å². The molecule has 1 unspecified atom stereocenters. The van der Waals surface area contributed by atoms with Crippen molar-refractivity contribution < 1.29 is 50.5 Å². The smallest absolute Gasteiger partial charge is 0.297 e. The van der Waals surface area contributed by atoms with E-state index in [1.807, 2.05) is 6.92 Å². The summed E-state index contributed by atoms with van der Waals surface area (Å²) in [4.78, 5) is 0.133. The topological polar surface area (TPSA) is 117 Å². The maximum absolute atomic E-state index is 12.0. The molecule has 40 heavy (non-hydrogen) atoms. The van der Waals surface area contributed by atoms with E-state index in [4.69, 9.17) is 42.1 Å². The van der Waals surface area contributed by atoms with Gasteiger partial charge in [0.2, 0.25) is 0 Å². The lowest BCUT2D eigenvalue weighted by Crippen LogP contribution is -2.15. The van der Waals surface area contributed by atoms with Crippen LogP contribution in [-0.4, -0.2) is 121 Å². The van der Waals surface area contributed by atoms with Crippen LogP contribution in [0.2, 0.25) is 0 Å². The largest absolute Gasteiger partial charge is 0.379 e. The second-order valence-corrected chi connectivity index (χ2v) is 10.6. The average molecular weight is 595 g/mol. The van der Waals surface area contributed by atoms with Gasteiger partial charge in [-0.05, 0) is 25.0 Å². The minimum atomic E-state index is -3.76. The lowest BCUT2D eigenvalue weighted by Gasteiger charge is -2.10. The van der Waals surface area contributed by atoms with E-state index in [0.717, 1.165) is 18.6 Å². The van der Waals surface area contributed by atoms with Gasteiger partial charge >= 0.3 is 0 Å². The highest BCUT2D eigenvalue weighted by Gasteiger charge is 2.14. The van der Waals surface area contributed by atoms with Gasteiger partial charge in [-0.3, -0.25) is 4.18 Å². The van der Waals surface area contributed by atoms with Gasteiger partial charge in [0.25, 0.3) is 10.1 Å². The number of hydrogen-bond donors (Lipinski definition) is 0. The van der Waals surface area contributed by atoms with Crippen molar-refractivity contribution in [1.29, 1.82) is 0 Å². The molecule has 0 aliphatic heterocycles. The molecule has 1 atom stereocenters. The molecule has 0 radical (unpaired) electrons. The van der Waals surface area contributed by atoms with E-state index in [1.54, 1.807) is 12.1 Å². The Labute approximate surface area is 240 Å². The van der Waals surface area contributed by atoms with Crippen LogP contribution in [0.15, 0.2) is 29.2 Å². The van der Waals surface area contributed by atoms with Crippen LogP contribution in [-0.2, 0) is 52.2 Å². The van der Waals surface area contributed by atoms with Crippen molar-refractivity contribution in [3.8, 4) is 0 Å². The number of ether oxygens (including phenoxy) is 8. The Morgan fingerprint density at radius 1 is 0.550 bits per heavy atom. The first-order valence-electron chi connectivity index (χ1n) is 14.0. The monoisotopic (exact) mass is 594 g/mol. The zero-order chi connectivity index (χ0) is 29.2. The summed E-state index contributed by atoms with van der Waals surface area (Å²) in [5.74, 6) is 0.590. The molecule has 0 aliphatic carbocycles. The molecule has 0 amide bonds. The summed E-state index contributed by atoms with van der Waals surface area (Å²) in [5, 5.41) is 0. The molecule has 0 fully saturated rings. The van der Waals surface area contributed by atoms with E-state index in [2.05, 4.69) is 13.8 Å². The fourth-order valence-corrected chi connectivity index (χ4v) is 3.81. The van der Waals surface area contributed by atoms with Crippen LogP contribution >= 0.6 is 0 Å². The quantitative estimate of drug-likeness (QED) is 0.101. The fourth-order valence-electron chi connectivity index (χ4n) is 2.92. The normalized spacial score (nSPS) is 12.7. The second-order valence-electron chi connectivity index (χ2n) is 8.96. The summed E-state index contributed by atoms with van der Waals surface area (Å²) in [6.07, 6.45) is 1.13. The molecule has 12 heteroatoms. The summed E-state index contributed by atoms with van der Waals surface area (Å²) < 4.78 is 72.6. The van der Waals surface area contributed by atoms with E-state index in [9.17, 15) is 8.42 Å². The van der Waals surface area contributed by atoms with Crippen LogP contribution < -0.4 is 0 Å². The van der Waals surface area contributed by atoms with Gasteiger partial charge in [0.1, 0.15) is 0 Å². The highest BCUT2D eigenvalue weighted by Crippen LogP contribution is 2.12. The fraction of sp³-hybridized carbons (Fsp3) is 0.786. The van der Waals surface area contributed by atoms with Crippen molar-refractivity contribution in [3.05, 3.63) is 29.8 Å². The van der Waals surface area contributed by atoms with Crippen molar-refractivity contribution in [1.82, 2.24) is 0 Å². The maximum atomic E-state index is 12.0. The number of hydrogen-bond acceptors (Lipinski definition) is 11. The zero-order valence-corrected chi connectivity index (χ0v) is 25.3. The van der Waals surface area contributed by atoms with Gasteiger partial charge in [-0.25, -0.2) is 0 Å². The van der Waals surface area contributed by atoms with E-state index >= 15 is 0 Å². The molecule has 1 rings (SSSR count). The molecule has 234 valence electrons. The van der Waals surface area contributed by atoms with Crippen LogP contribution in [0.25, 0.3) is 0 Å². The van der Waals surface area contributed by atoms with Gasteiger partial charge in [0, 0.05) is 6.61 Å². The van der Waals surface area contributed by atoms with Gasteiger partial charge in [-0.2, -0.15) is 8.42 Å². The number of aryl methyl sites for hydroxylation is 1. The molecule has 0 saturated carbocycles. The molecule has 0 saturated heterocycles. The first-order chi connectivity index (χ1) is 19.5. The minimum absolute atomic E-state index is 0.0526. The second kappa shape index (κ2) is 25.5. The van der Waals surface area contributed by atoms with Crippen LogP contribution in [0.3, 0.4) is 0 Å². The van der Waals surface area contributed by atoms with Crippen molar-refractivity contribution in [2.24, 2.45) is 5.92 Å². The van der Waals surface area contributed by atoms with Crippen molar-refractivity contribution in [3.63, 3.8) is 0 Å². The van der Waals surface area contributed by atoms with Crippen LogP contribution in [0.4, 0.5) is 0 Å². The van der Waals surface area contributed by atoms with E-state index in [-0.39, 0.29) is 18.1 Å². The predicted molar refractivity (Wildman–Crippen MR) is 150 cm³/mol. The Morgan fingerprint density at radius 2 is 0.875 bits per heavy atom. The number of benzene rings is 1. The summed E-state index contributed by atoms with van der Waals surface area (Å²) in [7, 11) is -3.76. The molecule has 1 aromatic carbocycles. The summed E-state index contributed by atoms with van der Waals surface area (Å²) in [6, 6.07) is 6.49. The van der Waals surface area contributed by atoms with Gasteiger partial charge in [0.05, 0.1) is 111 Å². The highest BCUT2D eigenvalue weighted by molar-refractivity contribution is 7.86. The molecular weight excluding hydrogens is 544 g/mol. The lowest BCUT2D eigenvalue weighted by molar-refractivity contribution is -0.0242. The first kappa shape index (κ1) is 36.8. The standard InChI is InChI=1S/C28H50O11S/c1-4-26(2)25-38-22-21-36-18-17-34-14-13-32-10-9-31-11-12-33-15-16-35-19-20-37-23-24-39-40(29,30)28-7-5-27(3)6-8-28/h5-8,26H,4,9-25H2,1-3H3. The van der Waals surface area contributed by atoms with E-state index < -0.39 is 10.1 Å². The molecule has 0 aromatic heterocycles. The van der Waals surface area contributed by atoms with Crippen LogP contribution in [0, 0.1) is 12.8 Å². The molecule has 0 heterocycles. The Hall–Kier alpha value is -1.19. The summed E-state index contributed by atoms with van der Waals surface area (Å²) >= 11 is 0. The Kier molecular flexibility index (Phi) is 23.5. The first-order valence-corrected chi connectivity index (χ1v) is 15.4.